The van der Waals surface area contributed by atoms with Crippen LogP contribution < -0.4 is 0 Å². The summed E-state index contributed by atoms with van der Waals surface area (Å²) < 4.78 is 27.6. The van der Waals surface area contributed by atoms with E-state index < -0.39 is 10.0 Å². The zero-order valence-electron chi connectivity index (χ0n) is 17.8. The molecule has 1 aromatic rings. The Balaban J connectivity index is 1.36. The Morgan fingerprint density at radius 3 is 2.17 bits per heavy atom. The lowest BCUT2D eigenvalue weighted by Crippen LogP contribution is -2.54. The fourth-order valence-corrected chi connectivity index (χ4v) is 6.23. The van der Waals surface area contributed by atoms with Crippen molar-refractivity contribution in [1.82, 2.24) is 14.1 Å². The van der Waals surface area contributed by atoms with Gasteiger partial charge in [-0.25, -0.2) is 8.42 Å². The van der Waals surface area contributed by atoms with Crippen LogP contribution in [0, 0.1) is 25.7 Å². The summed E-state index contributed by atoms with van der Waals surface area (Å²) in [5, 5.41) is 0. The monoisotopic (exact) mass is 433 g/mol. The second-order valence-corrected chi connectivity index (χ2v) is 10.8. The van der Waals surface area contributed by atoms with E-state index in [1.807, 2.05) is 30.9 Å². The Morgan fingerprint density at radius 1 is 0.867 bits per heavy atom. The van der Waals surface area contributed by atoms with Gasteiger partial charge in [0.05, 0.1) is 10.8 Å². The SMILES string of the molecule is Cc1ccc(S(=O)(=O)N2CCN(C(=O)C3CCCN(C(=O)C4CC4)C3)CC2)c(C)c1. The van der Waals surface area contributed by atoms with Crippen LogP contribution in [-0.4, -0.2) is 73.6 Å². The number of hydrogen-bond acceptors (Lipinski definition) is 4. The summed E-state index contributed by atoms with van der Waals surface area (Å²) in [6, 6.07) is 5.37. The lowest BCUT2D eigenvalue weighted by molar-refractivity contribution is -0.142. The molecule has 0 radical (unpaired) electrons. The highest BCUT2D eigenvalue weighted by atomic mass is 32.2. The van der Waals surface area contributed by atoms with Crippen LogP contribution in [0.25, 0.3) is 0 Å². The molecule has 2 aliphatic heterocycles. The van der Waals surface area contributed by atoms with Crippen molar-refractivity contribution >= 4 is 21.8 Å². The first-order valence-electron chi connectivity index (χ1n) is 10.9. The molecule has 1 aliphatic carbocycles. The summed E-state index contributed by atoms with van der Waals surface area (Å²) in [6.45, 7) is 6.43. The molecule has 1 saturated carbocycles. The average Bonchev–Trinajstić information content (AvgIpc) is 3.58. The van der Waals surface area contributed by atoms with E-state index in [9.17, 15) is 18.0 Å². The van der Waals surface area contributed by atoms with Crippen LogP contribution in [0.15, 0.2) is 23.1 Å². The molecule has 7 nitrogen and oxygen atoms in total. The van der Waals surface area contributed by atoms with Crippen LogP contribution in [0.4, 0.5) is 0 Å². The molecule has 2 heterocycles. The maximum Gasteiger partial charge on any atom is 0.243 e. The third-order valence-corrected chi connectivity index (χ3v) is 8.57. The van der Waals surface area contributed by atoms with Gasteiger partial charge in [-0.3, -0.25) is 9.59 Å². The Morgan fingerprint density at radius 2 is 1.53 bits per heavy atom. The number of sulfonamides is 1. The second kappa shape index (κ2) is 8.30. The minimum absolute atomic E-state index is 0.0619. The van der Waals surface area contributed by atoms with Crippen LogP contribution >= 0.6 is 0 Å². The number of amides is 2. The van der Waals surface area contributed by atoms with E-state index in [0.29, 0.717) is 37.6 Å². The molecular weight excluding hydrogens is 402 g/mol. The Labute approximate surface area is 179 Å². The van der Waals surface area contributed by atoms with Gasteiger partial charge < -0.3 is 9.80 Å². The molecular formula is C22H31N3O4S. The van der Waals surface area contributed by atoms with Crippen molar-refractivity contribution in [1.29, 1.82) is 0 Å². The minimum Gasteiger partial charge on any atom is -0.342 e. The van der Waals surface area contributed by atoms with Gasteiger partial charge in [0, 0.05) is 45.2 Å². The number of piperazine rings is 1. The smallest absolute Gasteiger partial charge is 0.243 e. The standard InChI is InChI=1S/C22H31N3O4S/c1-16-5-8-20(17(2)14-16)30(28,29)25-12-10-23(11-13-25)22(27)19-4-3-9-24(15-19)21(26)18-6-7-18/h5,8,14,18-19H,3-4,6-7,9-13,15H2,1-2H3. The number of hydrogen-bond donors (Lipinski definition) is 0. The molecule has 3 aliphatic rings. The molecule has 2 amide bonds. The highest BCUT2D eigenvalue weighted by Gasteiger charge is 2.38. The first-order chi connectivity index (χ1) is 14.3. The van der Waals surface area contributed by atoms with E-state index in [2.05, 4.69) is 0 Å². The van der Waals surface area contributed by atoms with E-state index in [4.69, 9.17) is 0 Å². The summed E-state index contributed by atoms with van der Waals surface area (Å²) in [4.78, 5) is 29.4. The third kappa shape index (κ3) is 4.25. The van der Waals surface area contributed by atoms with E-state index in [1.165, 1.54) is 4.31 Å². The van der Waals surface area contributed by atoms with Gasteiger partial charge >= 0.3 is 0 Å². The van der Waals surface area contributed by atoms with Gasteiger partial charge in [-0.1, -0.05) is 17.7 Å². The molecule has 1 atom stereocenters. The summed E-state index contributed by atoms with van der Waals surface area (Å²) >= 11 is 0. The van der Waals surface area contributed by atoms with Gasteiger partial charge in [-0.2, -0.15) is 4.31 Å². The lowest BCUT2D eigenvalue weighted by atomic mass is 9.96. The summed E-state index contributed by atoms with van der Waals surface area (Å²) in [5.41, 5.74) is 1.78. The molecule has 2 saturated heterocycles. The zero-order chi connectivity index (χ0) is 21.5. The molecule has 0 spiro atoms. The number of rotatable bonds is 4. The highest BCUT2D eigenvalue weighted by Crippen LogP contribution is 2.33. The van der Waals surface area contributed by atoms with E-state index >= 15 is 0 Å². The molecule has 164 valence electrons. The molecule has 1 unspecified atom stereocenters. The first-order valence-corrected chi connectivity index (χ1v) is 12.4. The topological polar surface area (TPSA) is 78.0 Å². The van der Waals surface area contributed by atoms with Crippen LogP contribution in [0.1, 0.15) is 36.8 Å². The van der Waals surface area contributed by atoms with E-state index in [-0.39, 0.29) is 23.7 Å². The summed E-state index contributed by atoms with van der Waals surface area (Å²) in [5.74, 6) is 0.283. The summed E-state index contributed by atoms with van der Waals surface area (Å²) in [7, 11) is -3.56. The summed E-state index contributed by atoms with van der Waals surface area (Å²) in [6.07, 6.45) is 3.61. The van der Waals surface area contributed by atoms with Crippen LogP contribution in [0.5, 0.6) is 0 Å². The molecule has 1 aromatic carbocycles. The quantitative estimate of drug-likeness (QED) is 0.725. The van der Waals surface area contributed by atoms with Gasteiger partial charge in [-0.15, -0.1) is 0 Å². The average molecular weight is 434 g/mol. The van der Waals surface area contributed by atoms with E-state index in [1.54, 1.807) is 11.0 Å². The van der Waals surface area contributed by atoms with Gasteiger partial charge in [0.25, 0.3) is 0 Å². The van der Waals surface area contributed by atoms with Crippen molar-refractivity contribution in [2.24, 2.45) is 11.8 Å². The number of nitrogens with zero attached hydrogens (tertiary/aromatic N) is 3. The zero-order valence-corrected chi connectivity index (χ0v) is 18.7. The van der Waals surface area contributed by atoms with E-state index in [0.717, 1.165) is 43.4 Å². The maximum absolute atomic E-state index is 13.1. The molecule has 3 fully saturated rings. The van der Waals surface area contributed by atoms with Crippen molar-refractivity contribution in [3.63, 3.8) is 0 Å². The predicted octanol–water partition coefficient (Wildman–Crippen LogP) is 1.78. The van der Waals surface area contributed by atoms with Crippen LogP contribution in [0.3, 0.4) is 0 Å². The molecule has 30 heavy (non-hydrogen) atoms. The van der Waals surface area contributed by atoms with Crippen molar-refractivity contribution in [3.8, 4) is 0 Å². The number of likely N-dealkylation sites (tertiary alicyclic amines) is 1. The minimum atomic E-state index is -3.56. The van der Waals surface area contributed by atoms with Gasteiger partial charge in [0.15, 0.2) is 0 Å². The van der Waals surface area contributed by atoms with Crippen LogP contribution in [0.2, 0.25) is 0 Å². The molecule has 8 heteroatoms. The van der Waals surface area contributed by atoms with Crippen LogP contribution in [-0.2, 0) is 19.6 Å². The van der Waals surface area contributed by atoms with Crippen molar-refractivity contribution in [2.75, 3.05) is 39.3 Å². The lowest BCUT2D eigenvalue weighted by Gasteiger charge is -2.38. The fourth-order valence-electron chi connectivity index (χ4n) is 4.60. The molecule has 0 aromatic heterocycles. The number of benzene rings is 1. The Bertz CT molecular complexity index is 934. The molecule has 0 bridgehead atoms. The number of aryl methyl sites for hydroxylation is 2. The van der Waals surface area contributed by atoms with Crippen molar-refractivity contribution in [2.45, 2.75) is 44.4 Å². The third-order valence-electron chi connectivity index (χ3n) is 6.51. The Hall–Kier alpha value is -1.93. The molecule has 0 N–H and O–H groups in total. The number of carbonyl (C=O) groups excluding carboxylic acids is 2. The van der Waals surface area contributed by atoms with Crippen molar-refractivity contribution < 1.29 is 18.0 Å². The second-order valence-electron chi connectivity index (χ2n) is 8.90. The molecule has 4 rings (SSSR count). The largest absolute Gasteiger partial charge is 0.342 e. The highest BCUT2D eigenvalue weighted by molar-refractivity contribution is 7.89. The fraction of sp³-hybridized carbons (Fsp3) is 0.636. The van der Waals surface area contributed by atoms with Gasteiger partial charge in [0.1, 0.15) is 0 Å². The van der Waals surface area contributed by atoms with Gasteiger partial charge in [0.2, 0.25) is 21.8 Å². The number of piperidine rings is 1. The first kappa shape index (κ1) is 21.3. The Kier molecular flexibility index (Phi) is 5.90. The predicted molar refractivity (Wildman–Crippen MR) is 113 cm³/mol. The normalized spacial score (nSPS) is 23.5. The van der Waals surface area contributed by atoms with Gasteiger partial charge in [-0.05, 0) is 51.2 Å². The number of carbonyl (C=O) groups is 2. The van der Waals surface area contributed by atoms with Crippen molar-refractivity contribution in [3.05, 3.63) is 29.3 Å². The maximum atomic E-state index is 13.1.